The third kappa shape index (κ3) is 9.55. The molecule has 1 amide bonds. The topological polar surface area (TPSA) is 75.6 Å². The molecule has 0 saturated carbocycles. The molecule has 23 heavy (non-hydrogen) atoms. The summed E-state index contributed by atoms with van der Waals surface area (Å²) >= 11 is 0. The second-order valence-corrected chi connectivity index (χ2v) is 5.59. The zero-order valence-electron chi connectivity index (χ0n) is 13.8. The molecule has 1 aromatic rings. The molecule has 5 nitrogen and oxygen atoms in total. The summed E-state index contributed by atoms with van der Waals surface area (Å²) in [4.78, 5) is 22.2. The fraction of sp³-hybridized carbons (Fsp3) is 0.556. The Morgan fingerprint density at radius 1 is 1.09 bits per heavy atom. The second kappa shape index (κ2) is 11.5. The van der Waals surface area contributed by atoms with Crippen molar-refractivity contribution >= 4 is 11.9 Å². The first-order valence-electron chi connectivity index (χ1n) is 8.32. The van der Waals surface area contributed by atoms with Crippen molar-refractivity contribution in [3.05, 3.63) is 29.8 Å². The van der Waals surface area contributed by atoms with Crippen molar-refractivity contribution in [2.24, 2.45) is 0 Å². The molecule has 1 aromatic carbocycles. The van der Waals surface area contributed by atoms with Crippen LogP contribution in [0, 0.1) is 0 Å². The van der Waals surface area contributed by atoms with E-state index >= 15 is 0 Å². The first kappa shape index (κ1) is 19.0. The highest BCUT2D eigenvalue weighted by Crippen LogP contribution is 2.13. The second-order valence-electron chi connectivity index (χ2n) is 5.59. The molecule has 0 radical (unpaired) electrons. The van der Waals surface area contributed by atoms with Crippen LogP contribution in [-0.4, -0.2) is 30.1 Å². The van der Waals surface area contributed by atoms with E-state index in [9.17, 15) is 9.59 Å². The zero-order valence-corrected chi connectivity index (χ0v) is 13.8. The van der Waals surface area contributed by atoms with E-state index in [2.05, 4.69) is 12.2 Å². The van der Waals surface area contributed by atoms with Crippen LogP contribution >= 0.6 is 0 Å². The largest absolute Gasteiger partial charge is 0.484 e. The number of unbranched alkanes of at least 4 members (excludes halogenated alkanes) is 4. The number of hydrogen-bond acceptors (Lipinski definition) is 3. The zero-order chi connectivity index (χ0) is 16.9. The molecule has 0 spiro atoms. The van der Waals surface area contributed by atoms with Crippen LogP contribution in [0.3, 0.4) is 0 Å². The van der Waals surface area contributed by atoms with Gasteiger partial charge in [0.05, 0.1) is 0 Å². The van der Waals surface area contributed by atoms with E-state index in [0.717, 1.165) is 18.4 Å². The van der Waals surface area contributed by atoms with E-state index < -0.39 is 5.97 Å². The van der Waals surface area contributed by atoms with Crippen LogP contribution in [0.4, 0.5) is 0 Å². The van der Waals surface area contributed by atoms with Gasteiger partial charge in [0.15, 0.2) is 6.61 Å². The average molecular weight is 321 g/mol. The number of ether oxygens (including phenoxy) is 1. The van der Waals surface area contributed by atoms with Gasteiger partial charge in [-0.3, -0.25) is 9.59 Å². The minimum Gasteiger partial charge on any atom is -0.484 e. The number of aryl methyl sites for hydroxylation is 1. The van der Waals surface area contributed by atoms with Crippen LogP contribution in [0.2, 0.25) is 0 Å². The normalized spacial score (nSPS) is 10.3. The van der Waals surface area contributed by atoms with Gasteiger partial charge in [-0.2, -0.15) is 0 Å². The number of amides is 1. The monoisotopic (exact) mass is 321 g/mol. The summed E-state index contributed by atoms with van der Waals surface area (Å²) in [6.07, 6.45) is 6.44. The number of benzene rings is 1. The molecule has 0 bridgehead atoms. The van der Waals surface area contributed by atoms with Crippen molar-refractivity contribution < 1.29 is 19.4 Å². The number of carbonyl (C=O) groups excluding carboxylic acids is 1. The Hall–Kier alpha value is -2.04. The van der Waals surface area contributed by atoms with Gasteiger partial charge in [-0.05, 0) is 30.5 Å². The number of carboxylic acids is 1. The van der Waals surface area contributed by atoms with Crippen molar-refractivity contribution in [2.75, 3.05) is 13.2 Å². The van der Waals surface area contributed by atoms with Crippen LogP contribution < -0.4 is 10.1 Å². The van der Waals surface area contributed by atoms with Crippen LogP contribution in [0.25, 0.3) is 0 Å². The van der Waals surface area contributed by atoms with Crippen molar-refractivity contribution in [3.8, 4) is 5.75 Å². The highest BCUT2D eigenvalue weighted by molar-refractivity contribution is 5.77. The van der Waals surface area contributed by atoms with Crippen molar-refractivity contribution in [1.82, 2.24) is 5.32 Å². The van der Waals surface area contributed by atoms with E-state index in [1.165, 1.54) is 19.3 Å². The molecule has 0 fully saturated rings. The SMILES string of the molecule is CCCCCCCNC(=O)COc1ccc(CCC(=O)O)cc1. The fourth-order valence-corrected chi connectivity index (χ4v) is 2.16. The van der Waals surface area contributed by atoms with Gasteiger partial charge in [0.2, 0.25) is 0 Å². The number of carbonyl (C=O) groups is 2. The summed E-state index contributed by atoms with van der Waals surface area (Å²) in [5.74, 6) is -0.311. The Morgan fingerprint density at radius 3 is 2.43 bits per heavy atom. The minimum atomic E-state index is -0.809. The Labute approximate surface area is 138 Å². The summed E-state index contributed by atoms with van der Waals surface area (Å²) in [5, 5.41) is 11.5. The van der Waals surface area contributed by atoms with Gasteiger partial charge in [0.25, 0.3) is 5.91 Å². The number of nitrogens with one attached hydrogen (secondary N) is 1. The minimum absolute atomic E-state index is 0.00341. The predicted molar refractivity (Wildman–Crippen MR) is 89.7 cm³/mol. The lowest BCUT2D eigenvalue weighted by Gasteiger charge is -2.08. The van der Waals surface area contributed by atoms with Crippen molar-refractivity contribution in [1.29, 1.82) is 0 Å². The molecule has 0 aliphatic rings. The number of rotatable bonds is 12. The molecule has 0 atom stereocenters. The summed E-state index contributed by atoms with van der Waals surface area (Å²) < 4.78 is 5.42. The van der Waals surface area contributed by atoms with E-state index in [1.54, 1.807) is 12.1 Å². The highest BCUT2D eigenvalue weighted by atomic mass is 16.5. The highest BCUT2D eigenvalue weighted by Gasteiger charge is 2.03. The first-order valence-corrected chi connectivity index (χ1v) is 8.32. The maximum absolute atomic E-state index is 11.6. The van der Waals surface area contributed by atoms with Crippen LogP contribution in [0.1, 0.15) is 51.0 Å². The van der Waals surface area contributed by atoms with Crippen molar-refractivity contribution in [3.63, 3.8) is 0 Å². The fourth-order valence-electron chi connectivity index (χ4n) is 2.16. The molecule has 2 N–H and O–H groups in total. The van der Waals surface area contributed by atoms with Crippen LogP contribution in [0.5, 0.6) is 5.75 Å². The molecule has 5 heteroatoms. The van der Waals surface area contributed by atoms with Gasteiger partial charge < -0.3 is 15.2 Å². The lowest BCUT2D eigenvalue weighted by Crippen LogP contribution is -2.29. The Balaban J connectivity index is 2.16. The third-order valence-electron chi connectivity index (χ3n) is 3.52. The molecule has 0 unspecified atom stereocenters. The van der Waals surface area contributed by atoms with Crippen LogP contribution in [0.15, 0.2) is 24.3 Å². The molecule has 128 valence electrons. The van der Waals surface area contributed by atoms with E-state index in [-0.39, 0.29) is 18.9 Å². The molecule has 0 aromatic heterocycles. The van der Waals surface area contributed by atoms with Gasteiger partial charge in [-0.1, -0.05) is 44.7 Å². The molecule has 1 rings (SSSR count). The first-order chi connectivity index (χ1) is 11.1. The Bertz CT molecular complexity index is 470. The quantitative estimate of drug-likeness (QED) is 0.580. The van der Waals surface area contributed by atoms with E-state index in [1.807, 2.05) is 12.1 Å². The molecule has 0 saturated heterocycles. The molecule has 0 aliphatic carbocycles. The molecular formula is C18H27NO4. The molecule has 0 heterocycles. The molecule has 0 aliphatic heterocycles. The van der Waals surface area contributed by atoms with E-state index in [0.29, 0.717) is 18.7 Å². The maximum atomic E-state index is 11.6. The summed E-state index contributed by atoms with van der Waals surface area (Å²) in [7, 11) is 0. The van der Waals surface area contributed by atoms with Gasteiger partial charge in [-0.15, -0.1) is 0 Å². The van der Waals surface area contributed by atoms with Gasteiger partial charge >= 0.3 is 5.97 Å². The summed E-state index contributed by atoms with van der Waals surface area (Å²) in [6, 6.07) is 7.16. The number of hydrogen-bond donors (Lipinski definition) is 2. The Morgan fingerprint density at radius 2 is 1.78 bits per heavy atom. The molecular weight excluding hydrogens is 294 g/mol. The summed E-state index contributed by atoms with van der Waals surface area (Å²) in [5.41, 5.74) is 0.941. The van der Waals surface area contributed by atoms with Crippen molar-refractivity contribution in [2.45, 2.75) is 51.9 Å². The predicted octanol–water partition coefficient (Wildman–Crippen LogP) is 3.17. The number of aliphatic carboxylic acids is 1. The summed E-state index contributed by atoms with van der Waals surface area (Å²) in [6.45, 7) is 2.88. The lowest BCUT2D eigenvalue weighted by atomic mass is 10.1. The van der Waals surface area contributed by atoms with Gasteiger partial charge in [0.1, 0.15) is 5.75 Å². The number of carboxylic acid groups (broad SMARTS) is 1. The van der Waals surface area contributed by atoms with Crippen LogP contribution in [-0.2, 0) is 16.0 Å². The standard InChI is InChI=1S/C18H27NO4/c1-2-3-4-5-6-13-19-17(20)14-23-16-10-7-15(8-11-16)9-12-18(21)22/h7-8,10-11H,2-6,9,12-14H2,1H3,(H,19,20)(H,21,22). The smallest absolute Gasteiger partial charge is 0.303 e. The van der Waals surface area contributed by atoms with Gasteiger partial charge in [0, 0.05) is 13.0 Å². The Kier molecular flexibility index (Phi) is 9.52. The van der Waals surface area contributed by atoms with Gasteiger partial charge in [-0.25, -0.2) is 0 Å². The average Bonchev–Trinajstić information content (AvgIpc) is 2.55. The van der Waals surface area contributed by atoms with E-state index in [4.69, 9.17) is 9.84 Å². The third-order valence-corrected chi connectivity index (χ3v) is 3.52. The maximum Gasteiger partial charge on any atom is 0.303 e. The lowest BCUT2D eigenvalue weighted by molar-refractivity contribution is -0.137.